The van der Waals surface area contributed by atoms with Crippen LogP contribution in [0.2, 0.25) is 0 Å². The summed E-state index contributed by atoms with van der Waals surface area (Å²) in [6.07, 6.45) is 1.17. The fourth-order valence-corrected chi connectivity index (χ4v) is 4.64. The third-order valence-electron chi connectivity index (χ3n) is 4.94. The highest BCUT2D eigenvalue weighted by Gasteiger charge is 2.40. The van der Waals surface area contributed by atoms with Crippen LogP contribution in [-0.2, 0) is 19.1 Å². The minimum Gasteiger partial charge on any atom is -0.463 e. The number of hydrogen-bond acceptors (Lipinski definition) is 8. The summed E-state index contributed by atoms with van der Waals surface area (Å²) in [6.45, 7) is 5.29. The topological polar surface area (TPSA) is 131 Å². The molecule has 2 aromatic heterocycles. The van der Waals surface area contributed by atoms with Crippen molar-refractivity contribution < 1.29 is 19.1 Å². The second-order valence-electron chi connectivity index (χ2n) is 6.55. The Labute approximate surface area is 182 Å². The minimum atomic E-state index is -0.794. The van der Waals surface area contributed by atoms with Crippen LogP contribution < -0.4 is 16.3 Å². The third-order valence-corrected chi connectivity index (χ3v) is 5.88. The zero-order valence-corrected chi connectivity index (χ0v) is 18.1. The van der Waals surface area contributed by atoms with Gasteiger partial charge in [0, 0.05) is 21.9 Å². The van der Waals surface area contributed by atoms with E-state index in [0.717, 1.165) is 4.88 Å². The quantitative estimate of drug-likeness (QED) is 0.705. The van der Waals surface area contributed by atoms with Crippen molar-refractivity contribution in [1.29, 1.82) is 10.5 Å². The third kappa shape index (κ3) is 3.49. The number of carbonyl (C=O) groups excluding carboxylic acids is 2. The number of thiophene rings is 1. The van der Waals surface area contributed by atoms with Crippen LogP contribution in [0.4, 0.5) is 5.82 Å². The predicted octanol–water partition coefficient (Wildman–Crippen LogP) is 1.61. The van der Waals surface area contributed by atoms with Crippen LogP contribution in [0.5, 0.6) is 0 Å². The molecule has 1 aliphatic heterocycles. The Bertz CT molecular complexity index is 1290. The Kier molecular flexibility index (Phi) is 6.28. The zero-order valence-electron chi connectivity index (χ0n) is 17.3. The summed E-state index contributed by atoms with van der Waals surface area (Å²) in [5.74, 6) is -2.02. The van der Waals surface area contributed by atoms with Crippen molar-refractivity contribution in [2.45, 2.75) is 26.7 Å². The lowest BCUT2D eigenvalue weighted by atomic mass is 9.85. The largest absolute Gasteiger partial charge is 0.463 e. The highest BCUT2D eigenvalue weighted by atomic mass is 32.1. The normalized spacial score (nSPS) is 15.8. The van der Waals surface area contributed by atoms with Gasteiger partial charge in [0.15, 0.2) is 0 Å². The van der Waals surface area contributed by atoms with Crippen molar-refractivity contribution >= 4 is 46.4 Å². The first-order chi connectivity index (χ1) is 14.9. The summed E-state index contributed by atoms with van der Waals surface area (Å²) in [5, 5.41) is 21.4. The van der Waals surface area contributed by atoms with Gasteiger partial charge < -0.3 is 15.2 Å². The minimum absolute atomic E-state index is 0.0322. The van der Waals surface area contributed by atoms with Gasteiger partial charge in [-0.1, -0.05) is 6.07 Å². The van der Waals surface area contributed by atoms with Crippen LogP contribution in [-0.4, -0.2) is 29.7 Å². The van der Waals surface area contributed by atoms with Crippen molar-refractivity contribution in [3.05, 3.63) is 44.1 Å². The van der Waals surface area contributed by atoms with Gasteiger partial charge in [-0.05, 0) is 32.2 Å². The lowest BCUT2D eigenvalue weighted by Gasteiger charge is -2.27. The monoisotopic (exact) mass is 436 g/mol. The van der Waals surface area contributed by atoms with E-state index >= 15 is 0 Å². The lowest BCUT2D eigenvalue weighted by Crippen LogP contribution is -2.41. The fraction of sp³-hybridized carbons (Fsp3) is 0.273. The summed E-state index contributed by atoms with van der Waals surface area (Å²) < 4.78 is 12.1. The van der Waals surface area contributed by atoms with E-state index in [1.54, 1.807) is 20.8 Å². The molecule has 0 fully saturated rings. The Morgan fingerprint density at radius 1 is 1.23 bits per heavy atom. The van der Waals surface area contributed by atoms with E-state index < -0.39 is 17.9 Å². The standard InChI is InChI=1S/C22H20N4O4S/c1-4-29-21(27)16-12(3)26-19(13(8-9-23)14(11-24)20(26)25)18(22(28)30-5-2)17(16)15-7-6-10-31-15/h6-8,10,17H,4-5,25H2,1-3H3/b13-8+. The molecule has 3 heterocycles. The van der Waals surface area contributed by atoms with E-state index in [1.807, 2.05) is 29.7 Å². The maximum absolute atomic E-state index is 13.2. The van der Waals surface area contributed by atoms with Gasteiger partial charge in [-0.15, -0.1) is 11.3 Å². The van der Waals surface area contributed by atoms with Gasteiger partial charge in [-0.2, -0.15) is 10.5 Å². The number of nitrogen functional groups attached to an aromatic ring is 1. The van der Waals surface area contributed by atoms with E-state index in [2.05, 4.69) is 0 Å². The first-order valence-corrected chi connectivity index (χ1v) is 10.4. The Balaban J connectivity index is 2.60. The smallest absolute Gasteiger partial charge is 0.337 e. The zero-order chi connectivity index (χ0) is 22.7. The molecule has 1 aliphatic rings. The van der Waals surface area contributed by atoms with E-state index in [0.29, 0.717) is 5.70 Å². The lowest BCUT2D eigenvalue weighted by molar-refractivity contribution is -0.138. The first-order valence-electron chi connectivity index (χ1n) is 9.55. The van der Waals surface area contributed by atoms with Gasteiger partial charge >= 0.3 is 11.9 Å². The van der Waals surface area contributed by atoms with Crippen LogP contribution in [0.3, 0.4) is 0 Å². The van der Waals surface area contributed by atoms with E-state index in [9.17, 15) is 20.1 Å². The molecule has 3 rings (SSSR count). The SMILES string of the molecule is CCOC(=O)C1=C(C)n2c(N)c(C#N)/c(=C\C#N)c2=C(C(=O)OCC)C1c1cccs1. The number of ether oxygens (including phenoxy) is 2. The predicted molar refractivity (Wildman–Crippen MR) is 116 cm³/mol. The molecular formula is C22H20N4O4S. The molecule has 9 heteroatoms. The number of nitrogens with zero attached hydrogens (tertiary/aromatic N) is 3. The van der Waals surface area contributed by atoms with Gasteiger partial charge in [-0.25, -0.2) is 9.59 Å². The fourth-order valence-electron chi connectivity index (χ4n) is 3.79. The molecule has 2 N–H and O–H groups in total. The Hall–Kier alpha value is -3.82. The maximum Gasteiger partial charge on any atom is 0.337 e. The highest BCUT2D eigenvalue weighted by Crippen LogP contribution is 2.41. The molecule has 8 nitrogen and oxygen atoms in total. The Morgan fingerprint density at radius 2 is 1.87 bits per heavy atom. The van der Waals surface area contributed by atoms with Crippen molar-refractivity contribution in [2.24, 2.45) is 0 Å². The average molecular weight is 436 g/mol. The first kappa shape index (κ1) is 21.9. The van der Waals surface area contributed by atoms with Crippen LogP contribution >= 0.6 is 11.3 Å². The molecule has 0 aromatic carbocycles. The molecule has 0 amide bonds. The molecule has 0 aliphatic carbocycles. The van der Waals surface area contributed by atoms with E-state index in [-0.39, 0.29) is 46.3 Å². The molecule has 1 atom stereocenters. The van der Waals surface area contributed by atoms with E-state index in [4.69, 9.17) is 15.2 Å². The maximum atomic E-state index is 13.2. The van der Waals surface area contributed by atoms with Gasteiger partial charge in [0.2, 0.25) is 0 Å². The number of fused-ring (bicyclic) bond motifs is 1. The second kappa shape index (κ2) is 8.90. The average Bonchev–Trinajstić information content (AvgIpc) is 3.35. The Morgan fingerprint density at radius 3 is 2.39 bits per heavy atom. The summed E-state index contributed by atoms with van der Waals surface area (Å²) >= 11 is 1.37. The van der Waals surface area contributed by atoms with Crippen LogP contribution in [0.15, 0.2) is 23.1 Å². The molecule has 0 radical (unpaired) electrons. The van der Waals surface area contributed by atoms with Crippen molar-refractivity contribution in [3.8, 4) is 12.1 Å². The molecule has 0 saturated carbocycles. The number of esters is 2. The number of hydrogen-bond donors (Lipinski definition) is 1. The van der Waals surface area contributed by atoms with Crippen LogP contribution in [0, 0.1) is 22.7 Å². The highest BCUT2D eigenvalue weighted by molar-refractivity contribution is 7.10. The van der Waals surface area contributed by atoms with Crippen molar-refractivity contribution in [2.75, 3.05) is 18.9 Å². The van der Waals surface area contributed by atoms with Gasteiger partial charge in [0.25, 0.3) is 0 Å². The van der Waals surface area contributed by atoms with Crippen LogP contribution in [0.25, 0.3) is 17.3 Å². The van der Waals surface area contributed by atoms with Gasteiger partial charge in [0.1, 0.15) is 17.5 Å². The second-order valence-corrected chi connectivity index (χ2v) is 7.52. The summed E-state index contributed by atoms with van der Waals surface area (Å²) in [5.41, 5.74) is 7.09. The molecule has 0 saturated heterocycles. The molecule has 0 bridgehead atoms. The van der Waals surface area contributed by atoms with Gasteiger partial charge in [0.05, 0.1) is 41.7 Å². The molecular weight excluding hydrogens is 416 g/mol. The number of nitrogens with two attached hydrogens (primary N) is 1. The summed E-state index contributed by atoms with van der Waals surface area (Å²) in [4.78, 5) is 26.9. The number of carbonyl (C=O) groups is 2. The van der Waals surface area contributed by atoms with Crippen molar-refractivity contribution in [1.82, 2.24) is 4.57 Å². The number of rotatable bonds is 5. The number of anilines is 1. The number of nitriles is 2. The molecule has 31 heavy (non-hydrogen) atoms. The number of aromatic nitrogens is 1. The molecule has 1 unspecified atom stereocenters. The molecule has 2 aromatic rings. The summed E-state index contributed by atoms with van der Waals surface area (Å²) in [7, 11) is 0. The number of allylic oxidation sites excluding steroid dienone is 1. The summed E-state index contributed by atoms with van der Waals surface area (Å²) in [6, 6.07) is 7.54. The van der Waals surface area contributed by atoms with Gasteiger partial charge in [-0.3, -0.25) is 4.57 Å². The van der Waals surface area contributed by atoms with E-state index in [1.165, 1.54) is 22.0 Å². The van der Waals surface area contributed by atoms with Crippen LogP contribution in [0.1, 0.15) is 37.1 Å². The molecule has 0 spiro atoms. The van der Waals surface area contributed by atoms with Crippen molar-refractivity contribution in [3.63, 3.8) is 0 Å². The molecule has 158 valence electrons.